The molecule has 3 aromatic rings. The zero-order chi connectivity index (χ0) is 18.7. The van der Waals surface area contributed by atoms with Crippen molar-refractivity contribution >= 4 is 28.8 Å². The summed E-state index contributed by atoms with van der Waals surface area (Å²) in [6.07, 6.45) is -1.15. The molecule has 1 heterocycles. The Morgan fingerprint density at radius 3 is 2.58 bits per heavy atom. The van der Waals surface area contributed by atoms with E-state index in [9.17, 15) is 4.79 Å². The first kappa shape index (κ1) is 17.6. The van der Waals surface area contributed by atoms with Gasteiger partial charge in [0.2, 0.25) is 5.95 Å². The standard InChI is InChI=1S/C18H21N5O3/c1-22(2)9-10-23-16-11-14(26-13-5-3-12(19)4-6-13)7-8-15(16)20-17(23)21-18(24)25/h3-8,11H,9-10,19H2,1-2H3,(H,20,21)(H,24,25). The number of carboxylic acid groups (broad SMARTS) is 1. The molecule has 0 bridgehead atoms. The van der Waals surface area contributed by atoms with Crippen LogP contribution in [0.25, 0.3) is 11.0 Å². The molecule has 8 heteroatoms. The predicted molar refractivity (Wildman–Crippen MR) is 101 cm³/mol. The summed E-state index contributed by atoms with van der Waals surface area (Å²) in [4.78, 5) is 17.5. The number of nitrogen functional groups attached to an aromatic ring is 1. The van der Waals surface area contributed by atoms with Crippen LogP contribution in [0.3, 0.4) is 0 Å². The zero-order valence-electron chi connectivity index (χ0n) is 14.6. The van der Waals surface area contributed by atoms with Gasteiger partial charge in [-0.2, -0.15) is 0 Å². The zero-order valence-corrected chi connectivity index (χ0v) is 14.6. The van der Waals surface area contributed by atoms with Gasteiger partial charge in [-0.15, -0.1) is 0 Å². The minimum absolute atomic E-state index is 0.291. The SMILES string of the molecule is CN(C)CCn1c(NC(=O)O)nc2ccc(Oc3ccc(N)cc3)cc21. The number of amides is 1. The van der Waals surface area contributed by atoms with Crippen LogP contribution in [0.1, 0.15) is 0 Å². The molecule has 4 N–H and O–H groups in total. The Kier molecular flexibility index (Phi) is 4.94. The lowest BCUT2D eigenvalue weighted by Crippen LogP contribution is -2.20. The third-order valence-corrected chi connectivity index (χ3v) is 3.83. The Bertz CT molecular complexity index is 918. The molecule has 1 amide bonds. The van der Waals surface area contributed by atoms with Crippen molar-refractivity contribution in [3.8, 4) is 11.5 Å². The Morgan fingerprint density at radius 1 is 1.23 bits per heavy atom. The summed E-state index contributed by atoms with van der Waals surface area (Å²) in [5.74, 6) is 1.59. The van der Waals surface area contributed by atoms with E-state index in [1.165, 1.54) is 0 Å². The average molecular weight is 355 g/mol. The molecular formula is C18H21N5O3. The monoisotopic (exact) mass is 355 g/mol. The molecule has 8 nitrogen and oxygen atoms in total. The number of ether oxygens (including phenoxy) is 1. The van der Waals surface area contributed by atoms with Crippen LogP contribution in [0.2, 0.25) is 0 Å². The molecule has 0 saturated carbocycles. The summed E-state index contributed by atoms with van der Waals surface area (Å²) in [5, 5.41) is 11.4. The first-order valence-electron chi connectivity index (χ1n) is 8.11. The molecule has 0 radical (unpaired) electrons. The van der Waals surface area contributed by atoms with Crippen LogP contribution in [0.5, 0.6) is 11.5 Å². The fraction of sp³-hybridized carbons (Fsp3) is 0.222. The van der Waals surface area contributed by atoms with Crippen molar-refractivity contribution in [2.75, 3.05) is 31.7 Å². The minimum Gasteiger partial charge on any atom is -0.465 e. The molecule has 0 saturated heterocycles. The number of likely N-dealkylation sites (N-methyl/N-ethyl adjacent to an activating group) is 1. The molecule has 136 valence electrons. The predicted octanol–water partition coefficient (Wildman–Crippen LogP) is 3.06. The van der Waals surface area contributed by atoms with Gasteiger partial charge in [0.25, 0.3) is 0 Å². The summed E-state index contributed by atoms with van der Waals surface area (Å²) in [6, 6.07) is 12.6. The van der Waals surface area contributed by atoms with Gasteiger partial charge in [-0.05, 0) is 50.5 Å². The molecule has 2 aromatic carbocycles. The first-order chi connectivity index (χ1) is 12.4. The number of fused-ring (bicyclic) bond motifs is 1. The molecule has 0 aliphatic heterocycles. The van der Waals surface area contributed by atoms with E-state index in [0.29, 0.717) is 35.2 Å². The Balaban J connectivity index is 1.96. The second-order valence-corrected chi connectivity index (χ2v) is 6.14. The van der Waals surface area contributed by atoms with Crippen LogP contribution in [-0.2, 0) is 6.54 Å². The van der Waals surface area contributed by atoms with Gasteiger partial charge in [0.1, 0.15) is 11.5 Å². The summed E-state index contributed by atoms with van der Waals surface area (Å²) in [5.41, 5.74) is 7.84. The van der Waals surface area contributed by atoms with E-state index in [1.807, 2.05) is 29.6 Å². The van der Waals surface area contributed by atoms with Crippen LogP contribution in [0.15, 0.2) is 42.5 Å². The third-order valence-electron chi connectivity index (χ3n) is 3.83. The number of hydrogen-bond donors (Lipinski definition) is 3. The summed E-state index contributed by atoms with van der Waals surface area (Å²) < 4.78 is 7.70. The van der Waals surface area contributed by atoms with Crippen LogP contribution >= 0.6 is 0 Å². The van der Waals surface area contributed by atoms with Gasteiger partial charge in [-0.25, -0.2) is 9.78 Å². The maximum Gasteiger partial charge on any atom is 0.411 e. The van der Waals surface area contributed by atoms with Crippen LogP contribution in [0.4, 0.5) is 16.4 Å². The van der Waals surface area contributed by atoms with Crippen molar-refractivity contribution in [2.24, 2.45) is 0 Å². The van der Waals surface area contributed by atoms with Gasteiger partial charge >= 0.3 is 6.09 Å². The van der Waals surface area contributed by atoms with Crippen molar-refractivity contribution in [3.05, 3.63) is 42.5 Å². The van der Waals surface area contributed by atoms with Crippen LogP contribution < -0.4 is 15.8 Å². The Labute approximate surface area is 150 Å². The summed E-state index contributed by atoms with van der Waals surface area (Å²) in [6.45, 7) is 1.33. The molecule has 0 atom stereocenters. The van der Waals surface area contributed by atoms with Crippen LogP contribution in [-0.4, -0.2) is 46.3 Å². The molecule has 1 aromatic heterocycles. The van der Waals surface area contributed by atoms with E-state index in [2.05, 4.69) is 10.3 Å². The number of aromatic nitrogens is 2. The number of nitrogens with zero attached hydrogens (tertiary/aromatic N) is 3. The van der Waals surface area contributed by atoms with Crippen molar-refractivity contribution in [2.45, 2.75) is 6.54 Å². The summed E-state index contributed by atoms with van der Waals surface area (Å²) >= 11 is 0. The number of nitrogens with two attached hydrogens (primary N) is 1. The quantitative estimate of drug-likeness (QED) is 0.587. The van der Waals surface area contributed by atoms with Crippen molar-refractivity contribution in [1.29, 1.82) is 0 Å². The van der Waals surface area contributed by atoms with E-state index in [0.717, 1.165) is 12.1 Å². The molecule has 3 rings (SSSR count). The van der Waals surface area contributed by atoms with Gasteiger partial charge in [0.15, 0.2) is 0 Å². The number of benzene rings is 2. The number of rotatable bonds is 6. The van der Waals surface area contributed by atoms with Crippen molar-refractivity contribution in [1.82, 2.24) is 14.5 Å². The van der Waals surface area contributed by atoms with Gasteiger partial charge in [-0.1, -0.05) is 0 Å². The molecule has 0 aliphatic rings. The van der Waals surface area contributed by atoms with Gasteiger partial charge < -0.3 is 25.0 Å². The van der Waals surface area contributed by atoms with E-state index in [-0.39, 0.29) is 0 Å². The molecule has 0 fully saturated rings. The Hall–Kier alpha value is -3.26. The molecule has 26 heavy (non-hydrogen) atoms. The van der Waals surface area contributed by atoms with E-state index in [4.69, 9.17) is 15.6 Å². The van der Waals surface area contributed by atoms with E-state index < -0.39 is 6.09 Å². The number of imidazole rings is 1. The highest BCUT2D eigenvalue weighted by molar-refractivity contribution is 5.86. The molecule has 0 spiro atoms. The average Bonchev–Trinajstić information content (AvgIpc) is 2.91. The maximum absolute atomic E-state index is 11.1. The number of hydrogen-bond acceptors (Lipinski definition) is 5. The lowest BCUT2D eigenvalue weighted by atomic mass is 10.3. The fourth-order valence-corrected chi connectivity index (χ4v) is 2.56. The number of anilines is 2. The number of nitrogens with one attached hydrogen (secondary N) is 1. The smallest absolute Gasteiger partial charge is 0.411 e. The Morgan fingerprint density at radius 2 is 1.92 bits per heavy atom. The van der Waals surface area contributed by atoms with E-state index in [1.54, 1.807) is 36.4 Å². The highest BCUT2D eigenvalue weighted by atomic mass is 16.5. The lowest BCUT2D eigenvalue weighted by molar-refractivity contribution is 0.209. The second kappa shape index (κ2) is 7.32. The molecule has 0 aliphatic carbocycles. The highest BCUT2D eigenvalue weighted by Crippen LogP contribution is 2.28. The second-order valence-electron chi connectivity index (χ2n) is 6.14. The fourth-order valence-electron chi connectivity index (χ4n) is 2.56. The topological polar surface area (TPSA) is 106 Å². The first-order valence-corrected chi connectivity index (χ1v) is 8.11. The van der Waals surface area contributed by atoms with Crippen molar-refractivity contribution < 1.29 is 14.6 Å². The van der Waals surface area contributed by atoms with Crippen LogP contribution in [0, 0.1) is 0 Å². The number of carbonyl (C=O) groups is 1. The maximum atomic E-state index is 11.1. The third kappa shape index (κ3) is 4.04. The minimum atomic E-state index is -1.15. The normalized spacial score (nSPS) is 11.0. The van der Waals surface area contributed by atoms with Gasteiger partial charge in [0.05, 0.1) is 11.0 Å². The molecular weight excluding hydrogens is 334 g/mol. The van der Waals surface area contributed by atoms with E-state index >= 15 is 0 Å². The summed E-state index contributed by atoms with van der Waals surface area (Å²) in [7, 11) is 3.91. The van der Waals surface area contributed by atoms with Crippen molar-refractivity contribution in [3.63, 3.8) is 0 Å². The van der Waals surface area contributed by atoms with Gasteiger partial charge in [-0.3, -0.25) is 5.32 Å². The lowest BCUT2D eigenvalue weighted by Gasteiger charge is -2.13. The largest absolute Gasteiger partial charge is 0.465 e. The highest BCUT2D eigenvalue weighted by Gasteiger charge is 2.14. The molecule has 0 unspecified atom stereocenters. The van der Waals surface area contributed by atoms with Gasteiger partial charge in [0, 0.05) is 24.8 Å².